The standard InChI is InChI=1S/C17H17NO4/c1-11-4-9-16(12(2)10-11)21-14-5-7-15(8-6-14)22-17(19)13(3)18-20/h4-10,17,19H,3H2,1-2H3. The van der Waals surface area contributed by atoms with Crippen molar-refractivity contribution in [2.45, 2.75) is 20.1 Å². The van der Waals surface area contributed by atoms with Crippen LogP contribution in [0.15, 0.2) is 59.9 Å². The topological polar surface area (TPSA) is 68.1 Å². The second-order valence-corrected chi connectivity index (χ2v) is 4.90. The van der Waals surface area contributed by atoms with Gasteiger partial charge >= 0.3 is 0 Å². The number of hydrogen-bond acceptors (Lipinski definition) is 5. The van der Waals surface area contributed by atoms with E-state index in [1.807, 2.05) is 32.0 Å². The van der Waals surface area contributed by atoms with Crippen LogP contribution in [0.4, 0.5) is 0 Å². The van der Waals surface area contributed by atoms with Gasteiger partial charge in [-0.25, -0.2) is 0 Å². The van der Waals surface area contributed by atoms with Crippen LogP contribution in [0.25, 0.3) is 0 Å². The molecule has 0 heterocycles. The monoisotopic (exact) mass is 299 g/mol. The van der Waals surface area contributed by atoms with Gasteiger partial charge in [0.15, 0.2) is 0 Å². The predicted octanol–water partition coefficient (Wildman–Crippen LogP) is 4.07. The van der Waals surface area contributed by atoms with Crippen molar-refractivity contribution in [1.82, 2.24) is 0 Å². The molecule has 0 aliphatic carbocycles. The van der Waals surface area contributed by atoms with E-state index in [9.17, 15) is 10.0 Å². The van der Waals surface area contributed by atoms with Gasteiger partial charge in [0.05, 0.1) is 0 Å². The Labute approximate surface area is 128 Å². The molecule has 5 heteroatoms. The van der Waals surface area contributed by atoms with E-state index in [0.717, 1.165) is 11.3 Å². The maximum absolute atomic E-state index is 10.2. The molecule has 5 nitrogen and oxygen atoms in total. The van der Waals surface area contributed by atoms with Crippen LogP contribution >= 0.6 is 0 Å². The average Bonchev–Trinajstić information content (AvgIpc) is 2.51. The van der Waals surface area contributed by atoms with Gasteiger partial charge in [-0.3, -0.25) is 0 Å². The van der Waals surface area contributed by atoms with Crippen molar-refractivity contribution < 1.29 is 14.6 Å². The fraction of sp³-hybridized carbons (Fsp3) is 0.176. The largest absolute Gasteiger partial charge is 0.459 e. The zero-order chi connectivity index (χ0) is 16.1. The van der Waals surface area contributed by atoms with Crippen molar-refractivity contribution in [1.29, 1.82) is 0 Å². The molecule has 0 bridgehead atoms. The third-order valence-corrected chi connectivity index (χ3v) is 3.03. The van der Waals surface area contributed by atoms with Gasteiger partial charge < -0.3 is 14.6 Å². The average molecular weight is 299 g/mol. The van der Waals surface area contributed by atoms with Crippen LogP contribution in [0, 0.1) is 18.8 Å². The molecule has 0 saturated carbocycles. The van der Waals surface area contributed by atoms with Crippen molar-refractivity contribution in [3.05, 3.63) is 70.8 Å². The molecule has 1 atom stereocenters. The summed E-state index contributed by atoms with van der Waals surface area (Å²) in [5.74, 6) is 1.80. The molecule has 22 heavy (non-hydrogen) atoms. The fourth-order valence-electron chi connectivity index (χ4n) is 1.87. The summed E-state index contributed by atoms with van der Waals surface area (Å²) in [7, 11) is 0. The van der Waals surface area contributed by atoms with Crippen LogP contribution in [0.3, 0.4) is 0 Å². The highest BCUT2D eigenvalue weighted by atomic mass is 16.6. The Balaban J connectivity index is 2.05. The summed E-state index contributed by atoms with van der Waals surface area (Å²) in [6.45, 7) is 7.29. The molecule has 114 valence electrons. The van der Waals surface area contributed by atoms with Crippen LogP contribution in [0.2, 0.25) is 0 Å². The second kappa shape index (κ2) is 6.87. The molecule has 0 fully saturated rings. The van der Waals surface area contributed by atoms with Crippen molar-refractivity contribution >= 4 is 0 Å². The van der Waals surface area contributed by atoms with Gasteiger partial charge in [0.25, 0.3) is 0 Å². The van der Waals surface area contributed by atoms with Crippen molar-refractivity contribution in [3.8, 4) is 17.2 Å². The molecule has 2 aromatic carbocycles. The molecule has 0 saturated heterocycles. The van der Waals surface area contributed by atoms with E-state index in [1.54, 1.807) is 24.3 Å². The molecule has 0 aromatic heterocycles. The predicted molar refractivity (Wildman–Crippen MR) is 84.0 cm³/mol. The van der Waals surface area contributed by atoms with Gasteiger partial charge in [-0.15, -0.1) is 4.91 Å². The number of rotatable bonds is 6. The van der Waals surface area contributed by atoms with Gasteiger partial charge in [0, 0.05) is 0 Å². The summed E-state index contributed by atoms with van der Waals surface area (Å²) in [6.07, 6.45) is -1.45. The number of aryl methyl sites for hydroxylation is 2. The first-order valence-electron chi connectivity index (χ1n) is 6.71. The minimum Gasteiger partial charge on any atom is -0.459 e. The second-order valence-electron chi connectivity index (χ2n) is 4.90. The molecule has 0 radical (unpaired) electrons. The Kier molecular flexibility index (Phi) is 4.91. The Morgan fingerprint density at radius 1 is 1.14 bits per heavy atom. The summed E-state index contributed by atoms with van der Waals surface area (Å²) in [6, 6.07) is 12.6. The molecule has 0 spiro atoms. The molecule has 1 unspecified atom stereocenters. The van der Waals surface area contributed by atoms with Crippen molar-refractivity contribution in [2.24, 2.45) is 5.18 Å². The molecule has 1 N–H and O–H groups in total. The first kappa shape index (κ1) is 15.7. The van der Waals surface area contributed by atoms with Gasteiger partial charge in [0.2, 0.25) is 6.29 Å². The van der Waals surface area contributed by atoms with E-state index in [1.165, 1.54) is 5.56 Å². The van der Waals surface area contributed by atoms with Gasteiger partial charge in [0.1, 0.15) is 22.9 Å². The lowest BCUT2D eigenvalue weighted by atomic mass is 10.1. The van der Waals surface area contributed by atoms with E-state index < -0.39 is 6.29 Å². The van der Waals surface area contributed by atoms with Gasteiger partial charge in [-0.1, -0.05) is 24.3 Å². The molecule has 2 rings (SSSR count). The molecular weight excluding hydrogens is 282 g/mol. The van der Waals surface area contributed by atoms with E-state index in [4.69, 9.17) is 9.47 Å². The minimum absolute atomic E-state index is 0.282. The first-order chi connectivity index (χ1) is 10.5. The van der Waals surface area contributed by atoms with Crippen LogP contribution in [0.1, 0.15) is 11.1 Å². The Morgan fingerprint density at radius 2 is 1.77 bits per heavy atom. The third kappa shape index (κ3) is 3.93. The summed E-state index contributed by atoms with van der Waals surface area (Å²) < 4.78 is 10.9. The number of aliphatic hydroxyl groups is 1. The van der Waals surface area contributed by atoms with Crippen molar-refractivity contribution in [3.63, 3.8) is 0 Å². The molecule has 0 aliphatic rings. The van der Waals surface area contributed by atoms with Crippen LogP contribution in [0.5, 0.6) is 17.2 Å². The first-order valence-corrected chi connectivity index (χ1v) is 6.71. The van der Waals surface area contributed by atoms with E-state index >= 15 is 0 Å². The SMILES string of the molecule is C=C(N=O)C(O)Oc1ccc(Oc2ccc(C)cc2C)cc1. The highest BCUT2D eigenvalue weighted by Crippen LogP contribution is 2.27. The maximum Gasteiger partial charge on any atom is 0.244 e. The molecular formula is C17H17NO4. The molecule has 2 aromatic rings. The van der Waals surface area contributed by atoms with Crippen LogP contribution in [-0.4, -0.2) is 11.4 Å². The quantitative estimate of drug-likeness (QED) is 0.645. The Morgan fingerprint density at radius 3 is 2.36 bits per heavy atom. The van der Waals surface area contributed by atoms with Crippen LogP contribution in [-0.2, 0) is 0 Å². The zero-order valence-electron chi connectivity index (χ0n) is 12.4. The number of hydrogen-bond donors (Lipinski definition) is 1. The number of benzene rings is 2. The number of nitrogens with zero attached hydrogens (tertiary/aromatic N) is 1. The molecule has 0 amide bonds. The van der Waals surface area contributed by atoms with E-state index in [-0.39, 0.29) is 5.70 Å². The van der Waals surface area contributed by atoms with Crippen molar-refractivity contribution in [2.75, 3.05) is 0 Å². The maximum atomic E-state index is 10.2. The molecule has 0 aliphatic heterocycles. The smallest absolute Gasteiger partial charge is 0.244 e. The highest BCUT2D eigenvalue weighted by Gasteiger charge is 2.11. The third-order valence-electron chi connectivity index (χ3n) is 3.03. The number of nitroso groups, excluding NO2 is 1. The lowest BCUT2D eigenvalue weighted by molar-refractivity contribution is 0.0140. The summed E-state index contributed by atoms with van der Waals surface area (Å²) in [4.78, 5) is 10.2. The highest BCUT2D eigenvalue weighted by molar-refractivity contribution is 5.40. The normalized spacial score (nSPS) is 11.6. The fourth-order valence-corrected chi connectivity index (χ4v) is 1.87. The van der Waals surface area contributed by atoms with Crippen LogP contribution < -0.4 is 9.47 Å². The minimum atomic E-state index is -1.45. The van der Waals surface area contributed by atoms with Gasteiger partial charge in [-0.05, 0) is 54.9 Å². The lowest BCUT2D eigenvalue weighted by Gasteiger charge is -2.13. The summed E-state index contributed by atoms with van der Waals surface area (Å²) in [5, 5.41) is 12.0. The summed E-state index contributed by atoms with van der Waals surface area (Å²) in [5.41, 5.74) is 1.94. The number of ether oxygens (including phenoxy) is 2. The summed E-state index contributed by atoms with van der Waals surface area (Å²) >= 11 is 0. The lowest BCUT2D eigenvalue weighted by Crippen LogP contribution is -2.16. The Bertz CT molecular complexity index is 680. The number of aliphatic hydroxyl groups excluding tert-OH is 1. The zero-order valence-corrected chi connectivity index (χ0v) is 12.4. The van der Waals surface area contributed by atoms with E-state index in [0.29, 0.717) is 11.5 Å². The van der Waals surface area contributed by atoms with Gasteiger partial charge in [-0.2, -0.15) is 0 Å². The van der Waals surface area contributed by atoms with E-state index in [2.05, 4.69) is 11.8 Å². The Hall–Kier alpha value is -2.66.